The molecule has 0 aliphatic carbocycles. The molecule has 1 aromatic carbocycles. The molecular weight excluding hydrogens is 304 g/mol. The van der Waals surface area contributed by atoms with Crippen molar-refractivity contribution in [2.75, 3.05) is 6.54 Å². The fourth-order valence-electron chi connectivity index (χ4n) is 2.70. The number of H-pyrrole nitrogens is 1. The van der Waals surface area contributed by atoms with E-state index >= 15 is 0 Å². The molecule has 1 atom stereocenters. The highest BCUT2D eigenvalue weighted by molar-refractivity contribution is 7.10. The van der Waals surface area contributed by atoms with Crippen LogP contribution >= 0.6 is 11.3 Å². The highest BCUT2D eigenvalue weighted by atomic mass is 32.1. The minimum Gasteiger partial charge on any atom is -0.361 e. The molecule has 0 fully saturated rings. The van der Waals surface area contributed by atoms with Crippen molar-refractivity contribution in [2.24, 2.45) is 5.41 Å². The molecule has 0 saturated carbocycles. The third kappa shape index (κ3) is 3.32. The lowest BCUT2D eigenvalue weighted by Gasteiger charge is -2.21. The SMILES string of the molecule is CC(C)(C)C(=O)NC[C@H](c1cccs1)c1c[nH]c2ccccc12. The topological polar surface area (TPSA) is 44.9 Å². The predicted octanol–water partition coefficient (Wildman–Crippen LogP) is 4.52. The Morgan fingerprint density at radius 2 is 2.00 bits per heavy atom. The van der Waals surface area contributed by atoms with Gasteiger partial charge in [-0.25, -0.2) is 0 Å². The van der Waals surface area contributed by atoms with E-state index < -0.39 is 0 Å². The normalized spacial score (nSPS) is 13.2. The highest BCUT2D eigenvalue weighted by Crippen LogP contribution is 2.33. The van der Waals surface area contributed by atoms with Gasteiger partial charge in [0, 0.05) is 39.9 Å². The molecular formula is C19H22N2OS. The second-order valence-electron chi connectivity index (χ2n) is 6.82. The molecule has 0 aliphatic heterocycles. The van der Waals surface area contributed by atoms with E-state index in [9.17, 15) is 4.79 Å². The standard InChI is InChI=1S/C19H22N2OS/c1-19(2,3)18(22)21-12-15(17-9-6-10-23-17)14-11-20-16-8-5-4-7-13(14)16/h4-11,15,20H,12H2,1-3H3,(H,21,22)/t15-/m0/s1. The van der Waals surface area contributed by atoms with Crippen molar-refractivity contribution in [3.8, 4) is 0 Å². The Morgan fingerprint density at radius 3 is 2.70 bits per heavy atom. The van der Waals surface area contributed by atoms with Gasteiger partial charge in [-0.2, -0.15) is 0 Å². The monoisotopic (exact) mass is 326 g/mol. The first kappa shape index (κ1) is 15.8. The van der Waals surface area contributed by atoms with Crippen LogP contribution in [0.4, 0.5) is 0 Å². The Bertz CT molecular complexity index is 796. The molecule has 3 rings (SSSR count). The molecule has 1 amide bonds. The summed E-state index contributed by atoms with van der Waals surface area (Å²) < 4.78 is 0. The second-order valence-corrected chi connectivity index (χ2v) is 7.80. The largest absolute Gasteiger partial charge is 0.361 e. The third-order valence-corrected chi connectivity index (χ3v) is 5.02. The summed E-state index contributed by atoms with van der Waals surface area (Å²) in [6, 6.07) is 12.5. The molecule has 2 N–H and O–H groups in total. The van der Waals surface area contributed by atoms with Gasteiger partial charge in [0.1, 0.15) is 0 Å². The zero-order valence-corrected chi connectivity index (χ0v) is 14.5. The second kappa shape index (κ2) is 6.20. The van der Waals surface area contributed by atoms with E-state index in [-0.39, 0.29) is 17.2 Å². The maximum atomic E-state index is 12.3. The van der Waals surface area contributed by atoms with Crippen molar-refractivity contribution in [1.82, 2.24) is 10.3 Å². The maximum absolute atomic E-state index is 12.3. The molecule has 0 unspecified atom stereocenters. The van der Waals surface area contributed by atoms with Crippen LogP contribution in [0.15, 0.2) is 48.0 Å². The van der Waals surface area contributed by atoms with Crippen molar-refractivity contribution >= 4 is 28.1 Å². The summed E-state index contributed by atoms with van der Waals surface area (Å²) in [5.74, 6) is 0.247. The van der Waals surface area contributed by atoms with Gasteiger partial charge in [-0.15, -0.1) is 11.3 Å². The summed E-state index contributed by atoms with van der Waals surface area (Å²) in [7, 11) is 0. The molecule has 2 heterocycles. The molecule has 0 radical (unpaired) electrons. The predicted molar refractivity (Wildman–Crippen MR) is 96.9 cm³/mol. The number of para-hydroxylation sites is 1. The van der Waals surface area contributed by atoms with Gasteiger partial charge in [0.05, 0.1) is 0 Å². The van der Waals surface area contributed by atoms with Crippen LogP contribution in [0, 0.1) is 5.41 Å². The Morgan fingerprint density at radius 1 is 1.22 bits per heavy atom. The number of fused-ring (bicyclic) bond motifs is 1. The van der Waals surface area contributed by atoms with Gasteiger partial charge < -0.3 is 10.3 Å². The van der Waals surface area contributed by atoms with Crippen molar-refractivity contribution in [2.45, 2.75) is 26.7 Å². The number of carbonyl (C=O) groups is 1. The zero-order valence-electron chi connectivity index (χ0n) is 13.7. The van der Waals surface area contributed by atoms with Crippen LogP contribution in [0.25, 0.3) is 10.9 Å². The first-order valence-corrected chi connectivity index (χ1v) is 8.72. The average Bonchev–Trinajstić information content (AvgIpc) is 3.16. The lowest BCUT2D eigenvalue weighted by atomic mass is 9.93. The van der Waals surface area contributed by atoms with Crippen molar-refractivity contribution < 1.29 is 4.79 Å². The summed E-state index contributed by atoms with van der Waals surface area (Å²) in [6.07, 6.45) is 2.07. The number of carbonyl (C=O) groups excluding carboxylic acids is 1. The van der Waals surface area contributed by atoms with E-state index in [0.29, 0.717) is 6.54 Å². The summed E-state index contributed by atoms with van der Waals surface area (Å²) >= 11 is 1.73. The number of benzene rings is 1. The number of aromatic nitrogens is 1. The zero-order chi connectivity index (χ0) is 16.4. The fraction of sp³-hybridized carbons (Fsp3) is 0.316. The van der Waals surface area contributed by atoms with Gasteiger partial charge in [-0.1, -0.05) is 45.0 Å². The first-order valence-electron chi connectivity index (χ1n) is 7.84. The summed E-state index contributed by atoms with van der Waals surface area (Å²) in [4.78, 5) is 16.9. The molecule has 3 aromatic rings. The van der Waals surface area contributed by atoms with Crippen LogP contribution in [0.5, 0.6) is 0 Å². The molecule has 0 saturated heterocycles. The van der Waals surface area contributed by atoms with Gasteiger partial charge in [0.15, 0.2) is 0 Å². The Kier molecular flexibility index (Phi) is 4.26. The minimum atomic E-state index is -0.375. The molecule has 3 nitrogen and oxygen atoms in total. The smallest absolute Gasteiger partial charge is 0.225 e. The number of nitrogens with one attached hydrogen (secondary N) is 2. The molecule has 0 spiro atoms. The van der Waals surface area contributed by atoms with Gasteiger partial charge in [0.2, 0.25) is 5.91 Å². The number of thiophene rings is 1. The summed E-state index contributed by atoms with van der Waals surface area (Å²) in [5.41, 5.74) is 1.99. The van der Waals surface area contributed by atoms with Crippen LogP contribution < -0.4 is 5.32 Å². The molecule has 23 heavy (non-hydrogen) atoms. The number of hydrogen-bond acceptors (Lipinski definition) is 2. The summed E-state index contributed by atoms with van der Waals surface area (Å²) in [6.45, 7) is 6.43. The first-order chi connectivity index (χ1) is 11.0. The van der Waals surface area contributed by atoms with Crippen molar-refractivity contribution in [3.63, 3.8) is 0 Å². The minimum absolute atomic E-state index is 0.0823. The third-order valence-electron chi connectivity index (χ3n) is 4.03. The van der Waals surface area contributed by atoms with E-state index in [2.05, 4.69) is 52.2 Å². The fourth-order valence-corrected chi connectivity index (χ4v) is 3.54. The Labute approximate surface area is 140 Å². The van der Waals surface area contributed by atoms with Crippen LogP contribution in [-0.4, -0.2) is 17.4 Å². The lowest BCUT2D eigenvalue weighted by Crippen LogP contribution is -2.37. The van der Waals surface area contributed by atoms with Crippen LogP contribution in [0.1, 0.15) is 37.1 Å². The summed E-state index contributed by atoms with van der Waals surface area (Å²) in [5, 5.41) is 6.42. The van der Waals surface area contributed by atoms with E-state index in [4.69, 9.17) is 0 Å². The van der Waals surface area contributed by atoms with Crippen molar-refractivity contribution in [1.29, 1.82) is 0 Å². The van der Waals surface area contributed by atoms with E-state index in [1.54, 1.807) is 11.3 Å². The van der Waals surface area contributed by atoms with Crippen molar-refractivity contribution in [3.05, 3.63) is 58.4 Å². The van der Waals surface area contributed by atoms with E-state index in [0.717, 1.165) is 5.52 Å². The number of hydrogen-bond donors (Lipinski definition) is 2. The quantitative estimate of drug-likeness (QED) is 0.727. The van der Waals surface area contributed by atoms with Gasteiger partial charge in [0.25, 0.3) is 0 Å². The van der Waals surface area contributed by atoms with Crippen LogP contribution in [0.3, 0.4) is 0 Å². The molecule has 4 heteroatoms. The molecule has 0 aliphatic rings. The van der Waals surface area contributed by atoms with Crippen LogP contribution in [0.2, 0.25) is 0 Å². The van der Waals surface area contributed by atoms with E-state index in [1.807, 2.05) is 26.8 Å². The van der Waals surface area contributed by atoms with Crippen LogP contribution in [-0.2, 0) is 4.79 Å². The maximum Gasteiger partial charge on any atom is 0.225 e. The Balaban J connectivity index is 1.92. The van der Waals surface area contributed by atoms with Gasteiger partial charge >= 0.3 is 0 Å². The Hall–Kier alpha value is -2.07. The number of rotatable bonds is 4. The highest BCUT2D eigenvalue weighted by Gasteiger charge is 2.24. The molecule has 120 valence electrons. The molecule has 2 aromatic heterocycles. The number of amides is 1. The van der Waals surface area contributed by atoms with Gasteiger partial charge in [-0.05, 0) is 23.1 Å². The van der Waals surface area contributed by atoms with E-state index in [1.165, 1.54) is 15.8 Å². The average molecular weight is 326 g/mol. The molecule has 0 bridgehead atoms. The van der Waals surface area contributed by atoms with Gasteiger partial charge in [-0.3, -0.25) is 4.79 Å². The number of aromatic amines is 1. The lowest BCUT2D eigenvalue weighted by molar-refractivity contribution is -0.128.